The van der Waals surface area contributed by atoms with Crippen LogP contribution < -0.4 is 15.8 Å². The number of guanidine groups is 1. The molecule has 1 aromatic carbocycles. The summed E-state index contributed by atoms with van der Waals surface area (Å²) < 4.78 is 12.8. The Kier molecular flexibility index (Phi) is 4.66. The van der Waals surface area contributed by atoms with Crippen LogP contribution in [0.3, 0.4) is 0 Å². The molecule has 0 aliphatic carbocycles. The van der Waals surface area contributed by atoms with E-state index in [0.717, 1.165) is 42.1 Å². The van der Waals surface area contributed by atoms with E-state index in [4.69, 9.17) is 15.2 Å². The largest absolute Gasteiger partial charge is 0.497 e. The number of aryl methyl sites for hydroxylation is 1. The van der Waals surface area contributed by atoms with Gasteiger partial charge in [-0.3, -0.25) is 0 Å². The average Bonchev–Trinajstić information content (AvgIpc) is 3.19. The maximum Gasteiger partial charge on any atom is 0.189 e. The van der Waals surface area contributed by atoms with Crippen LogP contribution in [-0.4, -0.2) is 41.9 Å². The van der Waals surface area contributed by atoms with Crippen LogP contribution in [0, 0.1) is 0 Å². The average molecular weight is 317 g/mol. The van der Waals surface area contributed by atoms with Crippen molar-refractivity contribution in [2.75, 3.05) is 20.3 Å². The maximum absolute atomic E-state index is 5.92. The zero-order valence-corrected chi connectivity index (χ0v) is 13.6. The lowest BCUT2D eigenvalue weighted by Gasteiger charge is -2.11. The third kappa shape index (κ3) is 3.56. The third-order valence-corrected chi connectivity index (χ3v) is 4.11. The molecule has 0 amide bonds. The van der Waals surface area contributed by atoms with Gasteiger partial charge in [0.05, 0.1) is 24.2 Å². The van der Waals surface area contributed by atoms with Crippen molar-refractivity contribution in [2.24, 2.45) is 17.8 Å². The van der Waals surface area contributed by atoms with Gasteiger partial charge >= 0.3 is 0 Å². The summed E-state index contributed by atoms with van der Waals surface area (Å²) in [6.45, 7) is 1.97. The molecule has 2 aromatic rings. The van der Waals surface area contributed by atoms with Crippen LogP contribution >= 0.6 is 0 Å². The first-order valence-electron chi connectivity index (χ1n) is 7.82. The summed E-state index contributed by atoms with van der Waals surface area (Å²) in [5.41, 5.74) is 7.85. The predicted octanol–water partition coefficient (Wildman–Crippen LogP) is 1.17. The van der Waals surface area contributed by atoms with Crippen molar-refractivity contribution in [3.63, 3.8) is 0 Å². The number of aliphatic imine (C=N–C) groups is 1. The molecule has 3 N–H and O–H groups in total. The number of ether oxygens (including phenoxy) is 2. The first-order valence-corrected chi connectivity index (χ1v) is 7.82. The summed E-state index contributed by atoms with van der Waals surface area (Å²) in [7, 11) is 3.62. The number of benzene rings is 1. The molecule has 0 saturated carbocycles. The van der Waals surface area contributed by atoms with Crippen LogP contribution in [0.2, 0.25) is 0 Å². The molecule has 2 heterocycles. The van der Waals surface area contributed by atoms with Crippen molar-refractivity contribution in [1.82, 2.24) is 14.9 Å². The first kappa shape index (κ1) is 15.6. The third-order valence-electron chi connectivity index (χ3n) is 4.11. The zero-order valence-electron chi connectivity index (χ0n) is 13.6. The molecule has 1 unspecified atom stereocenters. The summed E-state index contributed by atoms with van der Waals surface area (Å²) in [4.78, 5) is 8.97. The van der Waals surface area contributed by atoms with Gasteiger partial charge in [-0.05, 0) is 25.0 Å². The minimum atomic E-state index is 0.243. The molecule has 124 valence electrons. The number of nitrogens with one attached hydrogen (secondary N) is 1. The van der Waals surface area contributed by atoms with Crippen LogP contribution in [-0.2, 0) is 18.3 Å². The molecule has 1 aromatic heterocycles. The molecular weight excluding hydrogens is 294 g/mol. The molecule has 1 fully saturated rings. The Labute approximate surface area is 135 Å². The molecule has 23 heavy (non-hydrogen) atoms. The fraction of sp³-hybridized carbons (Fsp3) is 0.500. The fourth-order valence-corrected chi connectivity index (χ4v) is 2.73. The van der Waals surface area contributed by atoms with Gasteiger partial charge in [-0.2, -0.15) is 0 Å². The monoisotopic (exact) mass is 317 g/mol. The number of aromatic nitrogens is 2. The van der Waals surface area contributed by atoms with E-state index in [2.05, 4.69) is 15.3 Å². The van der Waals surface area contributed by atoms with E-state index in [-0.39, 0.29) is 6.10 Å². The smallest absolute Gasteiger partial charge is 0.189 e. The van der Waals surface area contributed by atoms with E-state index in [1.54, 1.807) is 7.11 Å². The highest BCUT2D eigenvalue weighted by atomic mass is 16.5. The molecule has 1 aliphatic rings. The normalized spacial score (nSPS) is 18.5. The lowest BCUT2D eigenvalue weighted by Crippen LogP contribution is -2.37. The molecular formula is C16H23N5O2. The van der Waals surface area contributed by atoms with E-state index in [9.17, 15) is 0 Å². The molecule has 3 rings (SSSR count). The van der Waals surface area contributed by atoms with Gasteiger partial charge in [0.15, 0.2) is 5.96 Å². The molecule has 0 spiro atoms. The molecule has 1 atom stereocenters. The van der Waals surface area contributed by atoms with Crippen LogP contribution in [0.5, 0.6) is 5.75 Å². The van der Waals surface area contributed by atoms with Crippen LogP contribution in [0.25, 0.3) is 11.0 Å². The summed E-state index contributed by atoms with van der Waals surface area (Å²) in [5, 5.41) is 3.11. The van der Waals surface area contributed by atoms with E-state index in [0.29, 0.717) is 19.0 Å². The summed E-state index contributed by atoms with van der Waals surface area (Å²) in [6.07, 6.45) is 2.44. The SMILES string of the molecule is COc1ccc2c(c1)nc(CN=C(N)NCC1CCCO1)n2C. The van der Waals surface area contributed by atoms with Crippen LogP contribution in [0.4, 0.5) is 0 Å². The number of nitrogens with two attached hydrogens (primary N) is 1. The Morgan fingerprint density at radius 3 is 3.17 bits per heavy atom. The van der Waals surface area contributed by atoms with E-state index >= 15 is 0 Å². The number of methoxy groups -OCH3 is 1. The standard InChI is InChI=1S/C16H23N5O2/c1-21-14-6-5-11(22-2)8-13(14)20-15(21)10-19-16(17)18-9-12-4-3-7-23-12/h5-6,8,12H,3-4,7,9-10H2,1-2H3,(H3,17,18,19). The van der Waals surface area contributed by atoms with E-state index in [1.165, 1.54) is 0 Å². The summed E-state index contributed by atoms with van der Waals surface area (Å²) >= 11 is 0. The van der Waals surface area contributed by atoms with E-state index in [1.807, 2.05) is 29.8 Å². The molecule has 7 heteroatoms. The lowest BCUT2D eigenvalue weighted by atomic mass is 10.2. The van der Waals surface area contributed by atoms with Crippen molar-refractivity contribution in [3.05, 3.63) is 24.0 Å². The Hall–Kier alpha value is -2.28. The van der Waals surface area contributed by atoms with Gasteiger partial charge in [0.25, 0.3) is 0 Å². The second-order valence-corrected chi connectivity index (χ2v) is 5.66. The minimum absolute atomic E-state index is 0.243. The van der Waals surface area contributed by atoms with Gasteiger partial charge in [-0.15, -0.1) is 0 Å². The Balaban J connectivity index is 1.65. The van der Waals surface area contributed by atoms with E-state index < -0.39 is 0 Å². The van der Waals surface area contributed by atoms with Gasteiger partial charge in [0, 0.05) is 26.3 Å². The molecule has 0 radical (unpaired) electrons. The van der Waals surface area contributed by atoms with Crippen LogP contribution in [0.15, 0.2) is 23.2 Å². The summed E-state index contributed by atoms with van der Waals surface area (Å²) in [6, 6.07) is 5.84. The number of hydrogen-bond donors (Lipinski definition) is 2. The van der Waals surface area contributed by atoms with Crippen molar-refractivity contribution in [3.8, 4) is 5.75 Å². The van der Waals surface area contributed by atoms with Gasteiger partial charge in [-0.25, -0.2) is 9.98 Å². The lowest BCUT2D eigenvalue weighted by molar-refractivity contribution is 0.114. The van der Waals surface area contributed by atoms with Gasteiger partial charge < -0.3 is 25.1 Å². The highest BCUT2D eigenvalue weighted by Crippen LogP contribution is 2.21. The van der Waals surface area contributed by atoms with Crippen molar-refractivity contribution < 1.29 is 9.47 Å². The first-order chi connectivity index (χ1) is 11.2. The minimum Gasteiger partial charge on any atom is -0.497 e. The predicted molar refractivity (Wildman–Crippen MR) is 89.6 cm³/mol. The zero-order chi connectivity index (χ0) is 16.2. The fourth-order valence-electron chi connectivity index (χ4n) is 2.73. The number of rotatable bonds is 5. The van der Waals surface area contributed by atoms with Gasteiger partial charge in [-0.1, -0.05) is 0 Å². The maximum atomic E-state index is 5.92. The van der Waals surface area contributed by atoms with Crippen molar-refractivity contribution in [2.45, 2.75) is 25.5 Å². The van der Waals surface area contributed by atoms with Crippen molar-refractivity contribution >= 4 is 17.0 Å². The van der Waals surface area contributed by atoms with Gasteiger partial charge in [0.2, 0.25) is 0 Å². The molecule has 7 nitrogen and oxygen atoms in total. The molecule has 1 saturated heterocycles. The summed E-state index contributed by atoms with van der Waals surface area (Å²) in [5.74, 6) is 2.07. The highest BCUT2D eigenvalue weighted by Gasteiger charge is 2.15. The quantitative estimate of drug-likeness (QED) is 0.638. The Morgan fingerprint density at radius 2 is 2.43 bits per heavy atom. The number of hydrogen-bond acceptors (Lipinski definition) is 4. The highest BCUT2D eigenvalue weighted by molar-refractivity contribution is 5.79. The second-order valence-electron chi connectivity index (χ2n) is 5.66. The number of nitrogens with zero attached hydrogens (tertiary/aromatic N) is 3. The number of imidazole rings is 1. The Morgan fingerprint density at radius 1 is 1.57 bits per heavy atom. The number of fused-ring (bicyclic) bond motifs is 1. The van der Waals surface area contributed by atoms with Crippen LogP contribution in [0.1, 0.15) is 18.7 Å². The molecule has 1 aliphatic heterocycles. The van der Waals surface area contributed by atoms with Crippen molar-refractivity contribution in [1.29, 1.82) is 0 Å². The second kappa shape index (κ2) is 6.87. The Bertz CT molecular complexity index is 704. The van der Waals surface area contributed by atoms with Gasteiger partial charge in [0.1, 0.15) is 18.1 Å². The topological polar surface area (TPSA) is 86.7 Å². The molecule has 0 bridgehead atoms.